The second-order valence-corrected chi connectivity index (χ2v) is 17.0. The van der Waals surface area contributed by atoms with E-state index in [1.165, 1.54) is 6.26 Å². The molecule has 0 spiro atoms. The molecular formula is C37H50N8O6S. The Kier molecular flexibility index (Phi) is 10.4. The van der Waals surface area contributed by atoms with Crippen LogP contribution in [0.1, 0.15) is 68.1 Å². The molecule has 3 saturated heterocycles. The normalized spacial score (nSPS) is 21.4. The number of H-pyrrole nitrogens is 1. The molecule has 1 unspecified atom stereocenters. The van der Waals surface area contributed by atoms with E-state index in [2.05, 4.69) is 20.7 Å². The minimum atomic E-state index is -3.18. The van der Waals surface area contributed by atoms with Crippen molar-refractivity contribution in [2.24, 2.45) is 11.8 Å². The third kappa shape index (κ3) is 7.61. The molecule has 0 radical (unpaired) electrons. The lowest BCUT2D eigenvalue weighted by molar-refractivity contribution is -0.143. The number of aryl methyl sites for hydroxylation is 1. The second kappa shape index (κ2) is 15.0. The van der Waals surface area contributed by atoms with Crippen molar-refractivity contribution in [3.63, 3.8) is 0 Å². The zero-order valence-corrected chi connectivity index (χ0v) is 31.1. The molecule has 2 N–H and O–H groups in total. The largest absolute Gasteiger partial charge is 0.435 e. The van der Waals surface area contributed by atoms with Crippen LogP contribution in [0.3, 0.4) is 0 Å². The fourth-order valence-corrected chi connectivity index (χ4v) is 9.56. The number of amides is 4. The lowest BCUT2D eigenvalue weighted by Crippen LogP contribution is -2.52. The van der Waals surface area contributed by atoms with Crippen LogP contribution in [0.15, 0.2) is 36.4 Å². The summed E-state index contributed by atoms with van der Waals surface area (Å²) < 4.78 is 31.8. The van der Waals surface area contributed by atoms with Gasteiger partial charge in [-0.1, -0.05) is 31.2 Å². The van der Waals surface area contributed by atoms with Crippen molar-refractivity contribution in [3.8, 4) is 0 Å². The van der Waals surface area contributed by atoms with Gasteiger partial charge in [0.2, 0.25) is 10.0 Å². The molecule has 0 saturated carbocycles. The number of nitrogens with zero attached hydrogens (tertiary/aromatic N) is 6. The van der Waals surface area contributed by atoms with Crippen LogP contribution in [0.5, 0.6) is 0 Å². The first-order chi connectivity index (χ1) is 25.0. The number of ether oxygens (including phenoxy) is 1. The number of carbonyl (C=O) groups excluding carboxylic acids is 3. The number of sulfonamides is 1. The number of fused-ring (bicyclic) bond motifs is 2. The number of aromatic amines is 1. The van der Waals surface area contributed by atoms with Crippen LogP contribution in [-0.2, 0) is 26.0 Å². The first-order valence-corrected chi connectivity index (χ1v) is 20.5. The monoisotopic (exact) mass is 734 g/mol. The van der Waals surface area contributed by atoms with Gasteiger partial charge in [0, 0.05) is 63.5 Å². The molecule has 52 heavy (non-hydrogen) atoms. The van der Waals surface area contributed by atoms with Gasteiger partial charge in [0.05, 0.1) is 6.26 Å². The Bertz CT molecular complexity index is 1890. The van der Waals surface area contributed by atoms with Crippen LogP contribution in [0, 0.1) is 18.8 Å². The van der Waals surface area contributed by atoms with Crippen molar-refractivity contribution in [1.82, 2.24) is 34.4 Å². The molecule has 0 bridgehead atoms. The number of anilines is 1. The first-order valence-electron chi connectivity index (χ1n) is 18.6. The Balaban J connectivity index is 1.01. The van der Waals surface area contributed by atoms with Crippen molar-refractivity contribution >= 4 is 44.8 Å². The molecular weight excluding hydrogens is 685 g/mol. The molecule has 4 amide bonds. The zero-order valence-electron chi connectivity index (χ0n) is 30.3. The summed E-state index contributed by atoms with van der Waals surface area (Å²) in [6.45, 7) is 7.53. The van der Waals surface area contributed by atoms with Gasteiger partial charge in [-0.05, 0) is 92.5 Å². The summed E-state index contributed by atoms with van der Waals surface area (Å²) in [6.07, 6.45) is 5.02. The molecule has 5 heterocycles. The molecule has 4 aliphatic rings. The minimum Gasteiger partial charge on any atom is -0.435 e. The maximum absolute atomic E-state index is 14.4. The molecule has 7 rings (SSSR count). The van der Waals surface area contributed by atoms with Crippen molar-refractivity contribution in [3.05, 3.63) is 53.1 Å². The van der Waals surface area contributed by atoms with Crippen LogP contribution in [-0.4, -0.2) is 125 Å². The number of para-hydroxylation sites is 1. The summed E-state index contributed by atoms with van der Waals surface area (Å²) in [5.74, 6) is 0.191. The Labute approximate surface area is 305 Å². The smallest absolute Gasteiger partial charge is 0.410 e. The van der Waals surface area contributed by atoms with Crippen LogP contribution in [0.2, 0.25) is 0 Å². The van der Waals surface area contributed by atoms with Gasteiger partial charge in [-0.2, -0.15) is 15.4 Å². The Morgan fingerprint density at radius 1 is 0.885 bits per heavy atom. The van der Waals surface area contributed by atoms with E-state index in [1.54, 1.807) is 9.21 Å². The van der Waals surface area contributed by atoms with Crippen molar-refractivity contribution < 1.29 is 27.5 Å². The summed E-state index contributed by atoms with van der Waals surface area (Å²) in [6, 6.07) is 11.6. The van der Waals surface area contributed by atoms with Gasteiger partial charge in [0.1, 0.15) is 11.0 Å². The third-order valence-corrected chi connectivity index (χ3v) is 13.2. The number of benzene rings is 2. The summed E-state index contributed by atoms with van der Waals surface area (Å²) in [5.41, 5.74) is 5.15. The van der Waals surface area contributed by atoms with Gasteiger partial charge in [0.25, 0.3) is 5.91 Å². The molecule has 2 atom stereocenters. The standard InChI is InChI=1S/C37H50N8O6S/c1-24-22-29(23-32-33(24)40-41-39-32)25(2)34(35(46)42-15-8-26(9-16-42)27-10-19-44(20-11-27)52(3,49)50)51-37(48)43-17-13-30(14-18-43)45-21-12-28-6-4-5-7-31(28)38-36(45)47/h4-7,22-23,25-27,30,34H,8-21H2,1-3H3,(H,38,47)(H,39,40,41)/t25-,34?/m1/s1. The number of carbonyl (C=O) groups is 3. The maximum Gasteiger partial charge on any atom is 0.410 e. The highest BCUT2D eigenvalue weighted by Gasteiger charge is 2.40. The summed E-state index contributed by atoms with van der Waals surface area (Å²) in [5, 5.41) is 14.2. The molecule has 1 aromatic heterocycles. The number of nitrogens with one attached hydrogen (secondary N) is 2. The van der Waals surface area contributed by atoms with Gasteiger partial charge in [-0.15, -0.1) is 0 Å². The highest BCUT2D eigenvalue weighted by molar-refractivity contribution is 7.88. The number of piperidine rings is 3. The quantitative estimate of drug-likeness (QED) is 0.363. The van der Waals surface area contributed by atoms with Gasteiger partial charge < -0.3 is 24.8 Å². The predicted molar refractivity (Wildman–Crippen MR) is 196 cm³/mol. The first kappa shape index (κ1) is 36.1. The molecule has 3 aromatic rings. The van der Waals surface area contributed by atoms with Crippen LogP contribution >= 0.6 is 0 Å². The molecule has 280 valence electrons. The molecule has 4 aliphatic heterocycles. The Morgan fingerprint density at radius 3 is 2.23 bits per heavy atom. The van der Waals surface area contributed by atoms with Gasteiger partial charge in [-0.3, -0.25) is 4.79 Å². The third-order valence-electron chi connectivity index (χ3n) is 11.9. The lowest BCUT2D eigenvalue weighted by Gasteiger charge is -2.41. The average Bonchev–Trinajstić information content (AvgIpc) is 3.57. The number of hydrogen-bond donors (Lipinski definition) is 2. The summed E-state index contributed by atoms with van der Waals surface area (Å²) in [7, 11) is -3.18. The fraction of sp³-hybridized carbons (Fsp3) is 0.595. The Hall–Kier alpha value is -4.24. The molecule has 2 aromatic carbocycles. The minimum absolute atomic E-state index is 0.00761. The lowest BCUT2D eigenvalue weighted by atomic mass is 9.79. The summed E-state index contributed by atoms with van der Waals surface area (Å²) >= 11 is 0. The second-order valence-electron chi connectivity index (χ2n) is 15.0. The number of rotatable bonds is 7. The highest BCUT2D eigenvalue weighted by atomic mass is 32.2. The number of aromatic nitrogens is 3. The number of hydrogen-bond acceptors (Lipinski definition) is 8. The maximum atomic E-state index is 14.4. The number of likely N-dealkylation sites (tertiary alicyclic amines) is 2. The number of urea groups is 1. The van der Waals surface area contributed by atoms with E-state index in [1.807, 2.05) is 60.0 Å². The van der Waals surface area contributed by atoms with Crippen molar-refractivity contribution in [2.75, 3.05) is 57.4 Å². The van der Waals surface area contributed by atoms with Crippen LogP contribution in [0.25, 0.3) is 11.0 Å². The molecule has 14 nitrogen and oxygen atoms in total. The predicted octanol–water partition coefficient (Wildman–Crippen LogP) is 4.34. The van der Waals surface area contributed by atoms with E-state index >= 15 is 0 Å². The highest BCUT2D eigenvalue weighted by Crippen LogP contribution is 2.35. The van der Waals surface area contributed by atoms with E-state index in [4.69, 9.17) is 4.74 Å². The zero-order chi connectivity index (χ0) is 36.6. The van der Waals surface area contributed by atoms with Crippen molar-refractivity contribution in [2.45, 2.75) is 76.9 Å². The van der Waals surface area contributed by atoms with Crippen LogP contribution in [0.4, 0.5) is 15.3 Å². The van der Waals surface area contributed by atoms with E-state index in [0.717, 1.165) is 60.0 Å². The summed E-state index contributed by atoms with van der Waals surface area (Å²) in [4.78, 5) is 46.7. The van der Waals surface area contributed by atoms with Crippen LogP contribution < -0.4 is 5.32 Å². The molecule has 0 aliphatic carbocycles. The molecule has 15 heteroatoms. The Morgan fingerprint density at radius 2 is 1.54 bits per heavy atom. The SMILES string of the molecule is Cc1cc([C@@H](C)C(OC(=O)N2CCC(N3CCc4ccccc4NC3=O)CC2)C(=O)N2CCC(C3CCN(S(C)(=O)=O)CC3)CC2)cc2n[nH]nc12. The van der Waals surface area contributed by atoms with Gasteiger partial charge >= 0.3 is 12.1 Å². The van der Waals surface area contributed by atoms with Crippen molar-refractivity contribution in [1.29, 1.82) is 0 Å². The fourth-order valence-electron chi connectivity index (χ4n) is 8.68. The van der Waals surface area contributed by atoms with E-state index in [9.17, 15) is 22.8 Å². The van der Waals surface area contributed by atoms with Gasteiger partial charge in [0.15, 0.2) is 6.10 Å². The van der Waals surface area contributed by atoms with E-state index in [-0.39, 0.29) is 18.0 Å². The topological polar surface area (TPSA) is 161 Å². The molecule has 3 fully saturated rings. The van der Waals surface area contributed by atoms with Gasteiger partial charge in [-0.25, -0.2) is 22.3 Å². The average molecular weight is 735 g/mol. The van der Waals surface area contributed by atoms with E-state index in [0.29, 0.717) is 76.0 Å². The van der Waals surface area contributed by atoms with E-state index < -0.39 is 28.1 Å².